The second-order valence-electron chi connectivity index (χ2n) is 10.7. The number of hydrogen-bond acceptors (Lipinski definition) is 5. The van der Waals surface area contributed by atoms with Crippen molar-refractivity contribution in [3.8, 4) is 33.6 Å². The standard InChI is InChI=1S/C24H20N3SSi.C11H8N.Ir/c1-29(2,3)22-15-26-21(13-19(22)16-8-5-4-6-9-16)17-12-20-18-10-7-11-25-23(18)28-24(20)27-14-17;1-2-6-10(7-3-1)11-8-4-5-9-12-11;/h4-13,15H,1-3H3;1-6,8-9H;/q2*-1;. The predicted molar refractivity (Wildman–Crippen MR) is 174 cm³/mol. The largest absolute Gasteiger partial charge is 0.341 e. The fourth-order valence-electron chi connectivity index (χ4n) is 4.71. The molecule has 7 aromatic rings. The summed E-state index contributed by atoms with van der Waals surface area (Å²) in [4.78, 5) is 20.1. The topological polar surface area (TPSA) is 51.6 Å². The average Bonchev–Trinajstić information content (AvgIpc) is 3.40. The van der Waals surface area contributed by atoms with Crippen molar-refractivity contribution in [2.45, 2.75) is 19.6 Å². The van der Waals surface area contributed by atoms with Crippen molar-refractivity contribution < 1.29 is 20.1 Å². The second-order valence-corrected chi connectivity index (χ2v) is 16.7. The maximum absolute atomic E-state index is 4.82. The molecule has 5 aromatic heterocycles. The number of thiophene rings is 1. The molecule has 0 aliphatic rings. The Hall–Kier alpha value is -3.87. The van der Waals surface area contributed by atoms with Crippen LogP contribution in [-0.2, 0) is 20.1 Å². The zero-order valence-electron chi connectivity index (χ0n) is 23.5. The van der Waals surface area contributed by atoms with Gasteiger partial charge in [-0.1, -0.05) is 79.6 Å². The first kappa shape index (κ1) is 29.6. The van der Waals surface area contributed by atoms with E-state index in [0.29, 0.717) is 0 Å². The van der Waals surface area contributed by atoms with Gasteiger partial charge in [-0.2, -0.15) is 0 Å². The van der Waals surface area contributed by atoms with E-state index in [-0.39, 0.29) is 20.1 Å². The Bertz CT molecular complexity index is 1880. The molecule has 0 unspecified atom stereocenters. The summed E-state index contributed by atoms with van der Waals surface area (Å²) in [6.07, 6.45) is 8.88. The Balaban J connectivity index is 0.000000228. The van der Waals surface area contributed by atoms with E-state index in [0.717, 1.165) is 42.9 Å². The molecule has 0 atom stereocenters. The summed E-state index contributed by atoms with van der Waals surface area (Å²) in [5, 5.41) is 3.62. The summed E-state index contributed by atoms with van der Waals surface area (Å²) in [6, 6.07) is 35.8. The van der Waals surface area contributed by atoms with Crippen LogP contribution in [0, 0.1) is 12.3 Å². The summed E-state index contributed by atoms with van der Waals surface area (Å²) in [7, 11) is -1.55. The maximum Gasteiger partial charge on any atom is 0.115 e. The van der Waals surface area contributed by atoms with Crippen LogP contribution in [0.15, 0.2) is 116 Å². The zero-order chi connectivity index (χ0) is 28.2. The third-order valence-electron chi connectivity index (χ3n) is 6.77. The number of fused-ring (bicyclic) bond motifs is 3. The summed E-state index contributed by atoms with van der Waals surface area (Å²) in [5.74, 6) is 0. The molecule has 1 radical (unpaired) electrons. The minimum absolute atomic E-state index is 0. The van der Waals surface area contributed by atoms with Gasteiger partial charge in [-0.25, -0.2) is 4.98 Å². The van der Waals surface area contributed by atoms with Crippen LogP contribution in [0.2, 0.25) is 19.6 Å². The molecule has 42 heavy (non-hydrogen) atoms. The first-order valence-corrected chi connectivity index (χ1v) is 17.8. The Morgan fingerprint density at radius 1 is 0.667 bits per heavy atom. The molecule has 0 N–H and O–H groups in total. The summed E-state index contributed by atoms with van der Waals surface area (Å²) >= 11 is 1.60. The Morgan fingerprint density at radius 3 is 2.19 bits per heavy atom. The molecule has 0 aliphatic carbocycles. The number of aromatic nitrogens is 4. The van der Waals surface area contributed by atoms with Gasteiger partial charge in [0.1, 0.15) is 4.83 Å². The summed E-state index contributed by atoms with van der Waals surface area (Å²) in [6.45, 7) is 7.08. The maximum atomic E-state index is 4.82. The summed E-state index contributed by atoms with van der Waals surface area (Å²) < 4.78 is 0. The third kappa shape index (κ3) is 6.45. The fraction of sp³-hybridized carbons (Fsp3) is 0.0857. The van der Waals surface area contributed by atoms with Gasteiger partial charge in [0.25, 0.3) is 0 Å². The minimum atomic E-state index is -1.55. The number of nitrogens with zero attached hydrogens (tertiary/aromatic N) is 4. The predicted octanol–water partition coefficient (Wildman–Crippen LogP) is 8.47. The van der Waals surface area contributed by atoms with Crippen LogP contribution in [0.25, 0.3) is 54.1 Å². The molecular weight excluding hydrogens is 729 g/mol. The van der Waals surface area contributed by atoms with E-state index < -0.39 is 8.07 Å². The van der Waals surface area contributed by atoms with E-state index in [4.69, 9.17) is 4.98 Å². The zero-order valence-corrected chi connectivity index (χ0v) is 27.7. The quantitative estimate of drug-likeness (QED) is 0.134. The molecule has 0 saturated carbocycles. The van der Waals surface area contributed by atoms with Crippen molar-refractivity contribution in [1.82, 2.24) is 19.9 Å². The Kier molecular flexibility index (Phi) is 9.14. The normalized spacial score (nSPS) is 11.0. The number of benzene rings is 2. The molecule has 7 heteroatoms. The molecule has 0 saturated heterocycles. The van der Waals surface area contributed by atoms with E-state index in [2.05, 4.69) is 102 Å². The van der Waals surface area contributed by atoms with E-state index in [9.17, 15) is 0 Å². The molecule has 209 valence electrons. The van der Waals surface area contributed by atoms with E-state index >= 15 is 0 Å². The first-order valence-electron chi connectivity index (χ1n) is 13.5. The van der Waals surface area contributed by atoms with Crippen LogP contribution in [0.5, 0.6) is 0 Å². The van der Waals surface area contributed by atoms with Gasteiger partial charge in [0, 0.05) is 48.9 Å². The fourth-order valence-corrected chi connectivity index (χ4v) is 7.14. The second kappa shape index (κ2) is 13.0. The Morgan fingerprint density at radius 2 is 1.45 bits per heavy atom. The van der Waals surface area contributed by atoms with E-state index in [1.165, 1.54) is 16.3 Å². The molecule has 0 aliphatic heterocycles. The van der Waals surface area contributed by atoms with Crippen molar-refractivity contribution >= 4 is 45.0 Å². The van der Waals surface area contributed by atoms with Crippen LogP contribution in [0.4, 0.5) is 0 Å². The van der Waals surface area contributed by atoms with Gasteiger partial charge in [0.15, 0.2) is 0 Å². The van der Waals surface area contributed by atoms with Gasteiger partial charge in [0.05, 0.1) is 8.07 Å². The van der Waals surface area contributed by atoms with Crippen LogP contribution in [0.3, 0.4) is 0 Å². The van der Waals surface area contributed by atoms with Gasteiger partial charge in [0.2, 0.25) is 0 Å². The molecule has 0 amide bonds. The molecule has 0 spiro atoms. The number of rotatable bonds is 4. The monoisotopic (exact) mass is 757 g/mol. The number of hydrogen-bond donors (Lipinski definition) is 0. The van der Waals surface area contributed by atoms with E-state index in [1.807, 2.05) is 54.7 Å². The van der Waals surface area contributed by atoms with E-state index in [1.54, 1.807) is 17.5 Å². The van der Waals surface area contributed by atoms with Crippen LogP contribution < -0.4 is 5.19 Å². The number of pyridine rings is 4. The van der Waals surface area contributed by atoms with Gasteiger partial charge in [-0.3, -0.25) is 0 Å². The smallest absolute Gasteiger partial charge is 0.115 e. The van der Waals surface area contributed by atoms with Crippen LogP contribution in [-0.4, -0.2) is 28.0 Å². The van der Waals surface area contributed by atoms with Gasteiger partial charge < -0.3 is 15.0 Å². The first-order chi connectivity index (χ1) is 20.0. The molecular formula is C35H28IrN4SSi-2. The van der Waals surface area contributed by atoms with Crippen molar-refractivity contribution in [1.29, 1.82) is 0 Å². The van der Waals surface area contributed by atoms with Gasteiger partial charge in [-0.15, -0.1) is 58.9 Å². The molecule has 7 rings (SSSR count). The van der Waals surface area contributed by atoms with Crippen molar-refractivity contribution in [2.24, 2.45) is 0 Å². The van der Waals surface area contributed by atoms with Gasteiger partial charge >= 0.3 is 0 Å². The summed E-state index contributed by atoms with van der Waals surface area (Å²) in [5.41, 5.74) is 6.33. The van der Waals surface area contributed by atoms with Crippen LogP contribution in [0.1, 0.15) is 0 Å². The molecule has 0 bridgehead atoms. The average molecular weight is 757 g/mol. The van der Waals surface area contributed by atoms with Crippen molar-refractivity contribution in [3.63, 3.8) is 0 Å². The molecule has 5 heterocycles. The van der Waals surface area contributed by atoms with Crippen LogP contribution >= 0.6 is 11.3 Å². The molecule has 4 nitrogen and oxygen atoms in total. The molecule has 2 aromatic carbocycles. The van der Waals surface area contributed by atoms with Crippen molar-refractivity contribution in [3.05, 3.63) is 128 Å². The van der Waals surface area contributed by atoms with Crippen molar-refractivity contribution in [2.75, 3.05) is 0 Å². The third-order valence-corrected chi connectivity index (χ3v) is 9.81. The minimum Gasteiger partial charge on any atom is -0.341 e. The Labute approximate surface area is 265 Å². The molecule has 0 fully saturated rings. The SMILES string of the molecule is C[Si](C)(C)c1cnc(-c2[c-]nc3sc4ncccc4c3c2)cc1-c1ccccc1.[Ir].[c-]1ccccc1-c1ccccn1. The van der Waals surface area contributed by atoms with Gasteiger partial charge in [-0.05, 0) is 46.0 Å².